The summed E-state index contributed by atoms with van der Waals surface area (Å²) in [6, 6.07) is 6.91. The van der Waals surface area contributed by atoms with Gasteiger partial charge in [-0.2, -0.15) is 0 Å². The Bertz CT molecular complexity index is 509. The van der Waals surface area contributed by atoms with E-state index in [9.17, 15) is 4.79 Å². The number of rotatable bonds is 3. The van der Waals surface area contributed by atoms with Crippen LogP contribution in [-0.2, 0) is 0 Å². The Labute approximate surface area is 127 Å². The van der Waals surface area contributed by atoms with Gasteiger partial charge in [0.2, 0.25) is 0 Å². The van der Waals surface area contributed by atoms with E-state index in [2.05, 4.69) is 26.6 Å². The highest BCUT2D eigenvalue weighted by Gasteiger charge is 2.34. The predicted octanol–water partition coefficient (Wildman–Crippen LogP) is 2.47. The second-order valence-electron chi connectivity index (χ2n) is 5.62. The lowest BCUT2D eigenvalue weighted by atomic mass is 9.99. The van der Waals surface area contributed by atoms with Gasteiger partial charge in [0.05, 0.1) is 12.7 Å². The van der Waals surface area contributed by atoms with Gasteiger partial charge in [-0.1, -0.05) is 15.9 Å². The first-order valence-corrected chi connectivity index (χ1v) is 7.85. The molecule has 2 aliphatic rings. The molecule has 20 heavy (non-hydrogen) atoms. The fraction of sp³-hybridized carbons (Fsp3) is 0.533. The van der Waals surface area contributed by atoms with Crippen molar-refractivity contribution in [3.05, 3.63) is 28.2 Å². The van der Waals surface area contributed by atoms with Gasteiger partial charge in [-0.05, 0) is 43.9 Å². The number of methoxy groups -OCH3 is 1. The van der Waals surface area contributed by atoms with Crippen molar-refractivity contribution in [2.75, 3.05) is 7.11 Å². The summed E-state index contributed by atoms with van der Waals surface area (Å²) in [5.74, 6) is 0.564. The Kier molecular flexibility index (Phi) is 3.98. The monoisotopic (exact) mass is 338 g/mol. The van der Waals surface area contributed by atoms with Crippen molar-refractivity contribution in [2.45, 2.75) is 43.8 Å². The van der Waals surface area contributed by atoms with E-state index in [1.165, 1.54) is 12.8 Å². The molecule has 2 heterocycles. The van der Waals surface area contributed by atoms with Crippen LogP contribution in [0.2, 0.25) is 0 Å². The van der Waals surface area contributed by atoms with Crippen molar-refractivity contribution in [1.82, 2.24) is 10.6 Å². The minimum Gasteiger partial charge on any atom is -0.496 e. The van der Waals surface area contributed by atoms with Crippen molar-refractivity contribution < 1.29 is 9.53 Å². The average Bonchev–Trinajstić information content (AvgIpc) is 2.77. The number of benzene rings is 1. The van der Waals surface area contributed by atoms with E-state index < -0.39 is 0 Å². The normalized spacial score (nSPS) is 28.2. The van der Waals surface area contributed by atoms with Crippen molar-refractivity contribution >= 4 is 21.8 Å². The van der Waals surface area contributed by atoms with E-state index in [0.717, 1.165) is 17.3 Å². The van der Waals surface area contributed by atoms with Crippen LogP contribution in [0, 0.1) is 0 Å². The van der Waals surface area contributed by atoms with Crippen molar-refractivity contribution in [1.29, 1.82) is 0 Å². The molecule has 2 N–H and O–H groups in total. The second-order valence-corrected chi connectivity index (χ2v) is 6.54. The number of amides is 1. The standard InChI is InChI=1S/C15H19BrN2O2/c1-20-14-6-9(16)2-5-13(14)15(19)18-12-7-10-3-4-11(8-12)17-10/h2,5-6,10-12,17H,3-4,7-8H2,1H3,(H,18,19). The summed E-state index contributed by atoms with van der Waals surface area (Å²) in [5, 5.41) is 6.74. The van der Waals surface area contributed by atoms with E-state index in [-0.39, 0.29) is 11.9 Å². The SMILES string of the molecule is COc1cc(Br)ccc1C(=O)NC1CC2CCC(C1)N2. The Morgan fingerprint density at radius 1 is 1.35 bits per heavy atom. The third-order valence-electron chi connectivity index (χ3n) is 4.22. The molecular weight excluding hydrogens is 320 g/mol. The first kappa shape index (κ1) is 13.9. The van der Waals surface area contributed by atoms with Crippen molar-refractivity contribution in [3.8, 4) is 5.75 Å². The van der Waals surface area contributed by atoms with Gasteiger partial charge in [0.1, 0.15) is 5.75 Å². The number of nitrogens with one attached hydrogen (secondary N) is 2. The minimum atomic E-state index is -0.0411. The number of carbonyl (C=O) groups excluding carboxylic acids is 1. The van der Waals surface area contributed by atoms with Gasteiger partial charge in [0.15, 0.2) is 0 Å². The first-order valence-electron chi connectivity index (χ1n) is 7.06. The van der Waals surface area contributed by atoms with Gasteiger partial charge in [0.25, 0.3) is 5.91 Å². The summed E-state index contributed by atoms with van der Waals surface area (Å²) in [5.41, 5.74) is 0.599. The molecule has 4 nitrogen and oxygen atoms in total. The van der Waals surface area contributed by atoms with Gasteiger partial charge in [-0.15, -0.1) is 0 Å². The minimum absolute atomic E-state index is 0.0411. The van der Waals surface area contributed by atoms with Crippen molar-refractivity contribution in [3.63, 3.8) is 0 Å². The second kappa shape index (κ2) is 5.74. The van der Waals surface area contributed by atoms with E-state index in [4.69, 9.17) is 4.74 Å². The van der Waals surface area contributed by atoms with Gasteiger partial charge >= 0.3 is 0 Å². The van der Waals surface area contributed by atoms with Gasteiger partial charge in [-0.25, -0.2) is 0 Å². The first-order chi connectivity index (χ1) is 9.65. The number of halogens is 1. The molecule has 2 atom stereocenters. The third-order valence-corrected chi connectivity index (χ3v) is 4.71. The molecule has 5 heteroatoms. The number of hydrogen-bond donors (Lipinski definition) is 2. The van der Waals surface area contributed by atoms with Gasteiger partial charge in [0, 0.05) is 22.6 Å². The maximum atomic E-state index is 12.4. The van der Waals surface area contributed by atoms with Crippen LogP contribution in [-0.4, -0.2) is 31.1 Å². The Balaban J connectivity index is 1.70. The predicted molar refractivity (Wildman–Crippen MR) is 81.1 cm³/mol. The highest BCUT2D eigenvalue weighted by molar-refractivity contribution is 9.10. The number of fused-ring (bicyclic) bond motifs is 2. The number of piperidine rings is 1. The summed E-state index contributed by atoms with van der Waals surface area (Å²) >= 11 is 3.39. The number of carbonyl (C=O) groups is 1. The third kappa shape index (κ3) is 2.83. The summed E-state index contributed by atoms with van der Waals surface area (Å²) in [7, 11) is 1.59. The van der Waals surface area contributed by atoms with E-state index in [1.807, 2.05) is 12.1 Å². The lowest BCUT2D eigenvalue weighted by Crippen LogP contribution is -2.48. The largest absolute Gasteiger partial charge is 0.496 e. The molecule has 0 aromatic heterocycles. The quantitative estimate of drug-likeness (QED) is 0.890. The fourth-order valence-electron chi connectivity index (χ4n) is 3.29. The Hall–Kier alpha value is -1.07. The highest BCUT2D eigenvalue weighted by atomic mass is 79.9. The molecule has 1 aromatic carbocycles. The van der Waals surface area contributed by atoms with Crippen LogP contribution in [0.4, 0.5) is 0 Å². The molecular formula is C15H19BrN2O2. The summed E-state index contributed by atoms with van der Waals surface area (Å²) in [6.07, 6.45) is 4.53. The summed E-state index contributed by atoms with van der Waals surface area (Å²) in [4.78, 5) is 12.4. The fourth-order valence-corrected chi connectivity index (χ4v) is 3.63. The summed E-state index contributed by atoms with van der Waals surface area (Å²) < 4.78 is 6.20. The van der Waals surface area contributed by atoms with E-state index >= 15 is 0 Å². The number of ether oxygens (including phenoxy) is 1. The van der Waals surface area contributed by atoms with E-state index in [1.54, 1.807) is 13.2 Å². The maximum Gasteiger partial charge on any atom is 0.255 e. The topological polar surface area (TPSA) is 50.4 Å². The van der Waals surface area contributed by atoms with Crippen LogP contribution in [0.15, 0.2) is 22.7 Å². The molecule has 2 bridgehead atoms. The van der Waals surface area contributed by atoms with Crippen LogP contribution in [0.3, 0.4) is 0 Å². The highest BCUT2D eigenvalue weighted by Crippen LogP contribution is 2.28. The molecule has 108 valence electrons. The molecule has 1 aromatic rings. The van der Waals surface area contributed by atoms with Gasteiger partial charge in [-0.3, -0.25) is 4.79 Å². The smallest absolute Gasteiger partial charge is 0.255 e. The molecule has 0 spiro atoms. The Morgan fingerprint density at radius 2 is 2.05 bits per heavy atom. The molecule has 0 radical (unpaired) electrons. The zero-order valence-electron chi connectivity index (χ0n) is 11.5. The maximum absolute atomic E-state index is 12.4. The zero-order chi connectivity index (χ0) is 14.1. The summed E-state index contributed by atoms with van der Waals surface area (Å²) in [6.45, 7) is 0. The van der Waals surface area contributed by atoms with Gasteiger partial charge < -0.3 is 15.4 Å². The van der Waals surface area contributed by atoms with Crippen LogP contribution < -0.4 is 15.4 Å². The van der Waals surface area contributed by atoms with Crippen LogP contribution >= 0.6 is 15.9 Å². The molecule has 1 amide bonds. The molecule has 2 fully saturated rings. The lowest BCUT2D eigenvalue weighted by molar-refractivity contribution is 0.0921. The molecule has 2 unspecified atom stereocenters. The van der Waals surface area contributed by atoms with Crippen LogP contribution in [0.25, 0.3) is 0 Å². The van der Waals surface area contributed by atoms with Crippen molar-refractivity contribution in [2.24, 2.45) is 0 Å². The lowest BCUT2D eigenvalue weighted by Gasteiger charge is -2.29. The molecule has 0 saturated carbocycles. The van der Waals surface area contributed by atoms with Crippen LogP contribution in [0.1, 0.15) is 36.0 Å². The molecule has 2 saturated heterocycles. The Morgan fingerprint density at radius 3 is 2.70 bits per heavy atom. The molecule has 2 aliphatic heterocycles. The van der Waals surface area contributed by atoms with E-state index in [0.29, 0.717) is 23.4 Å². The van der Waals surface area contributed by atoms with Crippen LogP contribution in [0.5, 0.6) is 5.75 Å². The average molecular weight is 339 g/mol. The zero-order valence-corrected chi connectivity index (χ0v) is 13.1. The number of hydrogen-bond acceptors (Lipinski definition) is 3. The molecule has 0 aliphatic carbocycles. The molecule has 3 rings (SSSR count).